The monoisotopic (exact) mass is 347 g/mol. The zero-order chi connectivity index (χ0) is 16.4. The Morgan fingerprint density at radius 2 is 1.83 bits per heavy atom. The lowest BCUT2D eigenvalue weighted by atomic mass is 10.1. The van der Waals surface area contributed by atoms with Gasteiger partial charge in [-0.05, 0) is 11.6 Å². The number of benzene rings is 1. The normalized spacial score (nSPS) is 11.8. The highest BCUT2D eigenvalue weighted by atomic mass is 35.5. The minimum Gasteiger partial charge on any atom is -0.510 e. The molecule has 0 saturated heterocycles. The summed E-state index contributed by atoms with van der Waals surface area (Å²) in [7, 11) is 0. The average Bonchev–Trinajstić information content (AvgIpc) is 3.01. The Morgan fingerprint density at radius 1 is 1.12 bits per heavy atom. The van der Waals surface area contributed by atoms with Crippen LogP contribution < -0.4 is 10.8 Å². The van der Waals surface area contributed by atoms with Crippen molar-refractivity contribution in [3.63, 3.8) is 0 Å². The van der Waals surface area contributed by atoms with Crippen LogP contribution in [0.4, 0.5) is 0 Å². The molecule has 2 aromatic heterocycles. The van der Waals surface area contributed by atoms with E-state index in [4.69, 9.17) is 5.11 Å². The molecule has 0 unspecified atom stereocenters. The summed E-state index contributed by atoms with van der Waals surface area (Å²) in [5.41, 5.74) is 1.39. The van der Waals surface area contributed by atoms with Gasteiger partial charge in [0.25, 0.3) is 0 Å². The molecule has 3 aromatic rings. The lowest BCUT2D eigenvalue weighted by Crippen LogP contribution is -2.34. The van der Waals surface area contributed by atoms with E-state index in [1.807, 2.05) is 30.3 Å². The number of pyridine rings is 1. The Hall–Kier alpha value is -2.93. The SMILES string of the molecule is Cl.O=C(O)CCC(O)=c1c(=O)cc(-c2ccccc2)c2ncnn12. The molecule has 8 heteroatoms. The first-order valence-corrected chi connectivity index (χ1v) is 6.94. The van der Waals surface area contributed by atoms with Gasteiger partial charge < -0.3 is 10.2 Å². The first-order valence-electron chi connectivity index (χ1n) is 6.94. The molecule has 124 valence electrons. The summed E-state index contributed by atoms with van der Waals surface area (Å²) in [4.78, 5) is 27.2. The molecule has 0 saturated carbocycles. The molecule has 0 fully saturated rings. The van der Waals surface area contributed by atoms with E-state index in [9.17, 15) is 14.7 Å². The van der Waals surface area contributed by atoms with E-state index in [0.717, 1.165) is 5.56 Å². The van der Waals surface area contributed by atoms with E-state index in [1.54, 1.807) is 0 Å². The number of nitrogens with zero attached hydrogens (tertiary/aromatic N) is 3. The van der Waals surface area contributed by atoms with Gasteiger partial charge >= 0.3 is 5.97 Å². The fourth-order valence-corrected chi connectivity index (χ4v) is 2.40. The zero-order valence-corrected chi connectivity index (χ0v) is 13.2. The molecule has 0 aliphatic heterocycles. The lowest BCUT2D eigenvalue weighted by molar-refractivity contribution is -0.136. The minimum atomic E-state index is -1.06. The average molecular weight is 348 g/mol. The number of aliphatic carboxylic acids is 1. The van der Waals surface area contributed by atoms with Crippen LogP contribution in [-0.2, 0) is 4.79 Å². The Morgan fingerprint density at radius 3 is 2.50 bits per heavy atom. The van der Waals surface area contributed by atoms with Crippen LogP contribution in [-0.4, -0.2) is 30.8 Å². The zero-order valence-electron chi connectivity index (χ0n) is 12.4. The molecular weight excluding hydrogens is 334 g/mol. The van der Waals surface area contributed by atoms with Crippen LogP contribution in [0.2, 0.25) is 0 Å². The molecule has 2 heterocycles. The molecule has 7 nitrogen and oxygen atoms in total. The van der Waals surface area contributed by atoms with E-state index in [2.05, 4.69) is 10.1 Å². The van der Waals surface area contributed by atoms with Crippen LogP contribution in [0, 0.1) is 0 Å². The quantitative estimate of drug-likeness (QED) is 0.739. The highest BCUT2D eigenvalue weighted by Crippen LogP contribution is 2.20. The van der Waals surface area contributed by atoms with Crippen molar-refractivity contribution < 1.29 is 15.0 Å². The highest BCUT2D eigenvalue weighted by molar-refractivity contribution is 5.85. The second-order valence-corrected chi connectivity index (χ2v) is 4.97. The summed E-state index contributed by atoms with van der Waals surface area (Å²) >= 11 is 0. The molecule has 0 aliphatic rings. The van der Waals surface area contributed by atoms with Crippen molar-refractivity contribution in [1.29, 1.82) is 0 Å². The van der Waals surface area contributed by atoms with Crippen LogP contribution in [0.15, 0.2) is 47.5 Å². The van der Waals surface area contributed by atoms with Gasteiger partial charge in [-0.25, -0.2) is 9.50 Å². The van der Waals surface area contributed by atoms with E-state index >= 15 is 0 Å². The number of aliphatic hydroxyl groups excluding tert-OH is 1. The molecule has 0 atom stereocenters. The van der Waals surface area contributed by atoms with Crippen LogP contribution in [0.1, 0.15) is 12.8 Å². The Labute approximate surface area is 142 Å². The molecule has 3 rings (SSSR count). The second-order valence-electron chi connectivity index (χ2n) is 4.97. The minimum absolute atomic E-state index is 0. The number of hydrogen-bond donors (Lipinski definition) is 2. The molecule has 0 radical (unpaired) electrons. The first-order chi connectivity index (χ1) is 11.1. The molecule has 1 aromatic carbocycles. The van der Waals surface area contributed by atoms with Crippen molar-refractivity contribution >= 4 is 29.8 Å². The fourth-order valence-electron chi connectivity index (χ4n) is 2.40. The summed E-state index contributed by atoms with van der Waals surface area (Å²) < 4.78 is 1.25. The molecule has 24 heavy (non-hydrogen) atoms. The second kappa shape index (κ2) is 7.10. The van der Waals surface area contributed by atoms with E-state index in [0.29, 0.717) is 11.2 Å². The van der Waals surface area contributed by atoms with E-state index < -0.39 is 11.4 Å². The number of carbonyl (C=O) groups is 1. The van der Waals surface area contributed by atoms with Crippen molar-refractivity contribution in [2.75, 3.05) is 0 Å². The Bertz CT molecular complexity index is 986. The van der Waals surface area contributed by atoms with Crippen molar-refractivity contribution in [2.45, 2.75) is 12.8 Å². The van der Waals surface area contributed by atoms with Crippen LogP contribution in [0.3, 0.4) is 0 Å². The predicted molar refractivity (Wildman–Crippen MR) is 90.1 cm³/mol. The number of rotatable bonds is 4. The maximum Gasteiger partial charge on any atom is 0.303 e. The topological polar surface area (TPSA) is 105 Å². The van der Waals surface area contributed by atoms with Gasteiger partial charge in [-0.2, -0.15) is 5.10 Å². The third-order valence-corrected chi connectivity index (χ3v) is 3.44. The van der Waals surface area contributed by atoms with Crippen molar-refractivity contribution in [1.82, 2.24) is 14.6 Å². The number of hydrogen-bond acceptors (Lipinski definition) is 5. The standard InChI is InChI=1S/C16H13N3O4.ClH/c20-12(6-7-14(22)23)15-13(21)8-11(10-4-2-1-3-5-10)16-17-9-18-19(15)16;/h1-5,8-9,20H,6-7H2,(H,22,23);1H. The largest absolute Gasteiger partial charge is 0.510 e. The molecule has 0 spiro atoms. The summed E-state index contributed by atoms with van der Waals surface area (Å²) in [6.07, 6.45) is 0.862. The van der Waals surface area contributed by atoms with Gasteiger partial charge in [-0.1, -0.05) is 30.3 Å². The van der Waals surface area contributed by atoms with Gasteiger partial charge in [0, 0.05) is 12.0 Å². The number of fused-ring (bicyclic) bond motifs is 1. The van der Waals surface area contributed by atoms with Crippen molar-refractivity contribution in [3.05, 3.63) is 58.3 Å². The molecule has 2 N–H and O–H groups in total. The predicted octanol–water partition coefficient (Wildman–Crippen LogP) is 1.43. The molecule has 0 bridgehead atoms. The molecular formula is C16H14ClN3O4. The number of halogens is 1. The van der Waals surface area contributed by atoms with E-state index in [-0.39, 0.29) is 36.4 Å². The molecule has 0 aliphatic carbocycles. The van der Waals surface area contributed by atoms with E-state index in [1.165, 1.54) is 16.9 Å². The third-order valence-electron chi connectivity index (χ3n) is 3.44. The number of carboxylic acid groups (broad SMARTS) is 1. The van der Waals surface area contributed by atoms with Gasteiger partial charge in [0.1, 0.15) is 12.1 Å². The Balaban J connectivity index is 0.00000208. The van der Waals surface area contributed by atoms with Crippen LogP contribution in [0.5, 0.6) is 0 Å². The van der Waals surface area contributed by atoms with Gasteiger partial charge in [0.2, 0.25) is 5.43 Å². The smallest absolute Gasteiger partial charge is 0.303 e. The van der Waals surface area contributed by atoms with Gasteiger partial charge in [-0.15, -0.1) is 12.4 Å². The highest BCUT2D eigenvalue weighted by Gasteiger charge is 2.13. The Kier molecular flexibility index (Phi) is 5.15. The van der Waals surface area contributed by atoms with Gasteiger partial charge in [0.15, 0.2) is 11.0 Å². The lowest BCUT2D eigenvalue weighted by Gasteiger charge is -2.04. The van der Waals surface area contributed by atoms with Crippen LogP contribution in [0.25, 0.3) is 22.5 Å². The fraction of sp³-hybridized carbons (Fsp3) is 0.125. The maximum absolute atomic E-state index is 12.4. The number of aromatic nitrogens is 3. The summed E-state index contributed by atoms with van der Waals surface area (Å²) in [6, 6.07) is 10.6. The van der Waals surface area contributed by atoms with Crippen LogP contribution >= 0.6 is 12.4 Å². The molecule has 0 amide bonds. The maximum atomic E-state index is 12.4. The summed E-state index contributed by atoms with van der Waals surface area (Å²) in [5.74, 6) is -1.37. The number of carboxylic acids is 1. The summed E-state index contributed by atoms with van der Waals surface area (Å²) in [6.45, 7) is 0. The summed E-state index contributed by atoms with van der Waals surface area (Å²) in [5, 5.41) is 22.7. The van der Waals surface area contributed by atoms with Gasteiger partial charge in [-0.3, -0.25) is 9.59 Å². The van der Waals surface area contributed by atoms with Crippen molar-refractivity contribution in [3.8, 4) is 11.1 Å². The van der Waals surface area contributed by atoms with Gasteiger partial charge in [0.05, 0.1) is 6.42 Å². The first kappa shape index (κ1) is 17.4. The van der Waals surface area contributed by atoms with Crippen molar-refractivity contribution in [2.24, 2.45) is 0 Å². The number of aliphatic hydroxyl groups is 1. The third kappa shape index (κ3) is 3.21.